The lowest BCUT2D eigenvalue weighted by Gasteiger charge is -1.89. The number of halogens is 1. The lowest BCUT2D eigenvalue weighted by molar-refractivity contribution is -0.0979. The number of imidazole rings is 1. The van der Waals surface area contributed by atoms with E-state index in [0.717, 1.165) is 11.3 Å². The SMILES string of the molecule is C=O.Cc1cn2nc(Cl)ccc2n1. The topological polar surface area (TPSA) is 47.3 Å². The number of rotatable bonds is 0. The third kappa shape index (κ3) is 2.03. The number of hydrogen-bond acceptors (Lipinski definition) is 3. The van der Waals surface area contributed by atoms with Crippen molar-refractivity contribution in [1.29, 1.82) is 0 Å². The molecule has 2 rings (SSSR count). The van der Waals surface area contributed by atoms with Crippen LogP contribution in [0.15, 0.2) is 18.3 Å². The molecular formula is C8H8ClN3O. The summed E-state index contributed by atoms with van der Waals surface area (Å²) in [6.45, 7) is 3.92. The Kier molecular flexibility index (Phi) is 2.97. The van der Waals surface area contributed by atoms with Crippen molar-refractivity contribution < 1.29 is 4.79 Å². The summed E-state index contributed by atoms with van der Waals surface area (Å²) in [4.78, 5) is 12.2. The first-order chi connectivity index (χ1) is 6.25. The van der Waals surface area contributed by atoms with Gasteiger partial charge in [0.25, 0.3) is 0 Å². The van der Waals surface area contributed by atoms with Crippen LogP contribution in [0, 0.1) is 6.92 Å². The van der Waals surface area contributed by atoms with E-state index in [9.17, 15) is 0 Å². The van der Waals surface area contributed by atoms with Crippen LogP contribution in [0.25, 0.3) is 5.65 Å². The van der Waals surface area contributed by atoms with Gasteiger partial charge < -0.3 is 4.79 Å². The number of fused-ring (bicyclic) bond motifs is 1. The maximum atomic E-state index is 8.00. The fourth-order valence-corrected chi connectivity index (χ4v) is 1.12. The standard InChI is InChI=1S/C7H6ClN3.CH2O/c1-5-4-11-7(9-5)3-2-6(8)10-11;1-2/h2-4H,1H3;1H2. The van der Waals surface area contributed by atoms with Gasteiger partial charge in [-0.3, -0.25) is 0 Å². The molecule has 0 aromatic carbocycles. The first kappa shape index (κ1) is 9.67. The highest BCUT2D eigenvalue weighted by atomic mass is 35.5. The number of aryl methyl sites for hydroxylation is 1. The van der Waals surface area contributed by atoms with Crippen LogP contribution in [0.2, 0.25) is 5.15 Å². The summed E-state index contributed by atoms with van der Waals surface area (Å²) in [5, 5.41) is 4.50. The van der Waals surface area contributed by atoms with Crippen LogP contribution < -0.4 is 0 Å². The second kappa shape index (κ2) is 4.00. The molecule has 2 aromatic rings. The first-order valence-electron chi connectivity index (χ1n) is 3.53. The Bertz CT molecular complexity index is 413. The number of hydrogen-bond donors (Lipinski definition) is 0. The summed E-state index contributed by atoms with van der Waals surface area (Å²) in [5.74, 6) is 0. The molecule has 0 fully saturated rings. The zero-order valence-electron chi connectivity index (χ0n) is 7.07. The number of nitrogens with zero attached hydrogens (tertiary/aromatic N) is 3. The first-order valence-corrected chi connectivity index (χ1v) is 3.91. The molecule has 4 nitrogen and oxygen atoms in total. The molecule has 0 saturated carbocycles. The molecule has 0 spiro atoms. The molecule has 0 bridgehead atoms. The van der Waals surface area contributed by atoms with Gasteiger partial charge in [0.2, 0.25) is 0 Å². The molecule has 68 valence electrons. The molecule has 0 atom stereocenters. The minimum Gasteiger partial charge on any atom is -0.307 e. The van der Waals surface area contributed by atoms with Crippen molar-refractivity contribution in [3.8, 4) is 0 Å². The Balaban J connectivity index is 0.000000396. The van der Waals surface area contributed by atoms with E-state index >= 15 is 0 Å². The molecule has 0 unspecified atom stereocenters. The smallest absolute Gasteiger partial charge is 0.153 e. The molecule has 2 aromatic heterocycles. The van der Waals surface area contributed by atoms with E-state index in [1.54, 1.807) is 10.6 Å². The highest BCUT2D eigenvalue weighted by Gasteiger charge is 1.97. The predicted octanol–water partition coefficient (Wildman–Crippen LogP) is 1.51. The van der Waals surface area contributed by atoms with E-state index in [2.05, 4.69) is 10.1 Å². The molecule has 0 saturated heterocycles. The number of carbonyl (C=O) groups is 1. The third-order valence-electron chi connectivity index (χ3n) is 1.41. The Morgan fingerprint density at radius 3 is 2.85 bits per heavy atom. The molecule has 0 aliphatic heterocycles. The summed E-state index contributed by atoms with van der Waals surface area (Å²) in [5.41, 5.74) is 1.77. The average Bonchev–Trinajstić information content (AvgIpc) is 2.48. The summed E-state index contributed by atoms with van der Waals surface area (Å²) in [6, 6.07) is 3.56. The summed E-state index contributed by atoms with van der Waals surface area (Å²) < 4.78 is 1.66. The summed E-state index contributed by atoms with van der Waals surface area (Å²) in [7, 11) is 0. The van der Waals surface area contributed by atoms with Crippen molar-refractivity contribution in [3.05, 3.63) is 29.2 Å². The number of aromatic nitrogens is 3. The Hall–Kier alpha value is -1.42. The largest absolute Gasteiger partial charge is 0.307 e. The predicted molar refractivity (Wildman–Crippen MR) is 49.9 cm³/mol. The van der Waals surface area contributed by atoms with Gasteiger partial charge in [0.1, 0.15) is 11.9 Å². The molecule has 5 heteroatoms. The van der Waals surface area contributed by atoms with Gasteiger partial charge in [-0.05, 0) is 19.1 Å². The maximum Gasteiger partial charge on any atom is 0.153 e. The maximum absolute atomic E-state index is 8.00. The van der Waals surface area contributed by atoms with Crippen molar-refractivity contribution in [2.24, 2.45) is 0 Å². The van der Waals surface area contributed by atoms with Gasteiger partial charge in [0.15, 0.2) is 5.65 Å². The molecule has 2 heterocycles. The highest BCUT2D eigenvalue weighted by Crippen LogP contribution is 2.06. The Labute approximate surface area is 80.2 Å². The van der Waals surface area contributed by atoms with Crippen molar-refractivity contribution in [2.75, 3.05) is 0 Å². The highest BCUT2D eigenvalue weighted by molar-refractivity contribution is 6.29. The van der Waals surface area contributed by atoms with Gasteiger partial charge in [0, 0.05) is 0 Å². The van der Waals surface area contributed by atoms with Gasteiger partial charge in [-0.25, -0.2) is 9.50 Å². The molecule has 0 aliphatic rings. The Morgan fingerprint density at radius 2 is 2.15 bits per heavy atom. The van der Waals surface area contributed by atoms with Crippen molar-refractivity contribution in [3.63, 3.8) is 0 Å². The van der Waals surface area contributed by atoms with E-state index in [1.165, 1.54) is 0 Å². The molecule has 0 aliphatic carbocycles. The zero-order valence-corrected chi connectivity index (χ0v) is 7.82. The van der Waals surface area contributed by atoms with Gasteiger partial charge >= 0.3 is 0 Å². The van der Waals surface area contributed by atoms with Crippen LogP contribution in [0.4, 0.5) is 0 Å². The van der Waals surface area contributed by atoms with E-state index in [1.807, 2.05) is 26.0 Å². The quantitative estimate of drug-likeness (QED) is 0.643. The van der Waals surface area contributed by atoms with Crippen LogP contribution in [0.5, 0.6) is 0 Å². The minimum absolute atomic E-state index is 0.481. The average molecular weight is 198 g/mol. The van der Waals surface area contributed by atoms with E-state index in [0.29, 0.717) is 5.15 Å². The van der Waals surface area contributed by atoms with Crippen LogP contribution in [-0.2, 0) is 4.79 Å². The molecule has 13 heavy (non-hydrogen) atoms. The van der Waals surface area contributed by atoms with Crippen LogP contribution in [0.3, 0.4) is 0 Å². The normalized spacial score (nSPS) is 9.38. The fourth-order valence-electron chi connectivity index (χ4n) is 0.977. The monoisotopic (exact) mass is 197 g/mol. The van der Waals surface area contributed by atoms with E-state index in [-0.39, 0.29) is 0 Å². The van der Waals surface area contributed by atoms with Gasteiger partial charge in [0.05, 0.1) is 11.9 Å². The second-order valence-corrected chi connectivity index (χ2v) is 2.73. The van der Waals surface area contributed by atoms with Gasteiger partial charge in [-0.2, -0.15) is 5.10 Å². The summed E-state index contributed by atoms with van der Waals surface area (Å²) >= 11 is 5.67. The van der Waals surface area contributed by atoms with Crippen molar-refractivity contribution >= 4 is 24.0 Å². The zero-order chi connectivity index (χ0) is 9.84. The molecule has 0 radical (unpaired) electrons. The van der Waals surface area contributed by atoms with Crippen molar-refractivity contribution in [1.82, 2.24) is 14.6 Å². The fraction of sp³-hybridized carbons (Fsp3) is 0.125. The lowest BCUT2D eigenvalue weighted by Crippen LogP contribution is -1.88. The van der Waals surface area contributed by atoms with Gasteiger partial charge in [-0.15, -0.1) is 0 Å². The van der Waals surface area contributed by atoms with Crippen molar-refractivity contribution in [2.45, 2.75) is 6.92 Å². The third-order valence-corrected chi connectivity index (χ3v) is 1.61. The van der Waals surface area contributed by atoms with E-state index < -0.39 is 0 Å². The minimum atomic E-state index is 0.481. The Morgan fingerprint density at radius 1 is 1.46 bits per heavy atom. The molecular weight excluding hydrogens is 190 g/mol. The van der Waals surface area contributed by atoms with Crippen LogP contribution in [0.1, 0.15) is 5.69 Å². The number of carbonyl (C=O) groups excluding carboxylic acids is 1. The van der Waals surface area contributed by atoms with Crippen LogP contribution in [-0.4, -0.2) is 21.4 Å². The molecule has 0 N–H and O–H groups in total. The van der Waals surface area contributed by atoms with E-state index in [4.69, 9.17) is 16.4 Å². The lowest BCUT2D eigenvalue weighted by atomic mass is 10.6. The van der Waals surface area contributed by atoms with Gasteiger partial charge in [-0.1, -0.05) is 11.6 Å². The second-order valence-electron chi connectivity index (χ2n) is 2.34. The van der Waals surface area contributed by atoms with Crippen LogP contribution >= 0.6 is 11.6 Å². The summed E-state index contributed by atoms with van der Waals surface area (Å²) in [6.07, 6.45) is 1.83. The molecule has 0 amide bonds.